The summed E-state index contributed by atoms with van der Waals surface area (Å²) in [6.07, 6.45) is -1.45. The maximum atomic E-state index is 12.5. The lowest BCUT2D eigenvalue weighted by Gasteiger charge is -2.19. The van der Waals surface area contributed by atoms with Gasteiger partial charge in [0.1, 0.15) is 6.10 Å². The van der Waals surface area contributed by atoms with E-state index in [9.17, 15) is 13.2 Å². The zero-order valence-electron chi connectivity index (χ0n) is 11.2. The molecule has 1 atom stereocenters. The summed E-state index contributed by atoms with van der Waals surface area (Å²) in [6.45, 7) is 0.695. The fourth-order valence-corrected chi connectivity index (χ4v) is 2.31. The third-order valence-corrected chi connectivity index (χ3v) is 3.46. The molecule has 3 rings (SSSR count). The first-order valence-electron chi connectivity index (χ1n) is 6.75. The lowest BCUT2D eigenvalue weighted by molar-refractivity contribution is -0.137. The molecule has 0 saturated carbocycles. The van der Waals surface area contributed by atoms with E-state index in [1.165, 1.54) is 12.1 Å². The van der Waals surface area contributed by atoms with Gasteiger partial charge >= 0.3 is 6.18 Å². The Kier molecular flexibility index (Phi) is 3.67. The van der Waals surface area contributed by atoms with Crippen LogP contribution in [0.5, 0.6) is 0 Å². The molecule has 1 aromatic heterocycles. The molecule has 0 spiro atoms. The SMILES string of the molecule is FC(F)(F)c1ccc(-c2n[nH]c(C3CCCCO3)n2)cc1. The van der Waals surface area contributed by atoms with Gasteiger partial charge in [-0.1, -0.05) is 12.1 Å². The summed E-state index contributed by atoms with van der Waals surface area (Å²) in [4.78, 5) is 4.32. The van der Waals surface area contributed by atoms with Gasteiger partial charge in [0, 0.05) is 12.2 Å². The zero-order valence-corrected chi connectivity index (χ0v) is 11.2. The van der Waals surface area contributed by atoms with Crippen molar-refractivity contribution in [2.45, 2.75) is 31.5 Å². The average Bonchev–Trinajstić information content (AvgIpc) is 2.97. The van der Waals surface area contributed by atoms with Gasteiger partial charge in [-0.05, 0) is 31.4 Å². The molecular formula is C14H14F3N3O. The molecule has 21 heavy (non-hydrogen) atoms. The van der Waals surface area contributed by atoms with E-state index in [1.807, 2.05) is 0 Å². The number of aromatic amines is 1. The Morgan fingerprint density at radius 1 is 1.14 bits per heavy atom. The molecule has 1 aliphatic rings. The van der Waals surface area contributed by atoms with Crippen LogP contribution < -0.4 is 0 Å². The van der Waals surface area contributed by atoms with Crippen molar-refractivity contribution in [1.82, 2.24) is 15.2 Å². The molecule has 1 aliphatic heterocycles. The lowest BCUT2D eigenvalue weighted by Crippen LogP contribution is -2.12. The predicted molar refractivity (Wildman–Crippen MR) is 69.4 cm³/mol. The van der Waals surface area contributed by atoms with Crippen LogP contribution >= 0.6 is 0 Å². The van der Waals surface area contributed by atoms with Crippen molar-refractivity contribution in [3.8, 4) is 11.4 Å². The van der Waals surface area contributed by atoms with Gasteiger partial charge in [0.25, 0.3) is 0 Å². The van der Waals surface area contributed by atoms with Gasteiger partial charge in [-0.25, -0.2) is 4.98 Å². The molecular weight excluding hydrogens is 283 g/mol. The Hall–Kier alpha value is -1.89. The van der Waals surface area contributed by atoms with Crippen molar-refractivity contribution in [3.63, 3.8) is 0 Å². The van der Waals surface area contributed by atoms with Crippen LogP contribution in [-0.2, 0) is 10.9 Å². The molecule has 1 saturated heterocycles. The van der Waals surface area contributed by atoms with E-state index in [-0.39, 0.29) is 6.10 Å². The standard InChI is InChI=1S/C14H14F3N3O/c15-14(16,17)10-6-4-9(5-7-10)12-18-13(20-19-12)11-3-1-2-8-21-11/h4-7,11H,1-3,8H2,(H,18,19,20). The fourth-order valence-electron chi connectivity index (χ4n) is 2.31. The second kappa shape index (κ2) is 5.48. The summed E-state index contributed by atoms with van der Waals surface area (Å²) in [5.41, 5.74) is -0.140. The van der Waals surface area contributed by atoms with Crippen LogP contribution in [0.3, 0.4) is 0 Å². The van der Waals surface area contributed by atoms with Crippen LogP contribution in [0.1, 0.15) is 36.8 Å². The number of H-pyrrole nitrogens is 1. The second-order valence-electron chi connectivity index (χ2n) is 4.97. The monoisotopic (exact) mass is 297 g/mol. The number of ether oxygens (including phenoxy) is 1. The van der Waals surface area contributed by atoms with Crippen molar-refractivity contribution in [1.29, 1.82) is 0 Å². The number of nitrogens with one attached hydrogen (secondary N) is 1. The van der Waals surface area contributed by atoms with E-state index < -0.39 is 11.7 Å². The first-order chi connectivity index (χ1) is 10.0. The van der Waals surface area contributed by atoms with E-state index in [2.05, 4.69) is 15.2 Å². The smallest absolute Gasteiger partial charge is 0.370 e. The Bertz CT molecular complexity index is 601. The van der Waals surface area contributed by atoms with Crippen molar-refractivity contribution in [2.75, 3.05) is 6.61 Å². The molecule has 1 unspecified atom stereocenters. The van der Waals surface area contributed by atoms with Crippen LogP contribution in [0.15, 0.2) is 24.3 Å². The molecule has 7 heteroatoms. The molecule has 1 N–H and O–H groups in total. The van der Waals surface area contributed by atoms with Crippen molar-refractivity contribution in [3.05, 3.63) is 35.7 Å². The minimum absolute atomic E-state index is 0.102. The highest BCUT2D eigenvalue weighted by Gasteiger charge is 2.30. The summed E-state index contributed by atoms with van der Waals surface area (Å²) in [5.74, 6) is 1.01. The second-order valence-corrected chi connectivity index (χ2v) is 4.97. The Morgan fingerprint density at radius 3 is 2.52 bits per heavy atom. The minimum atomic E-state index is -4.33. The molecule has 1 aromatic carbocycles. The number of nitrogens with zero attached hydrogens (tertiary/aromatic N) is 2. The van der Waals surface area contributed by atoms with Crippen LogP contribution in [0.2, 0.25) is 0 Å². The summed E-state index contributed by atoms with van der Waals surface area (Å²) >= 11 is 0. The van der Waals surface area contributed by atoms with E-state index in [4.69, 9.17) is 4.74 Å². The molecule has 0 radical (unpaired) electrons. The highest BCUT2D eigenvalue weighted by Crippen LogP contribution is 2.31. The number of benzene rings is 1. The maximum absolute atomic E-state index is 12.5. The normalized spacial score (nSPS) is 19.7. The molecule has 0 amide bonds. The van der Waals surface area contributed by atoms with Gasteiger partial charge in [0.05, 0.1) is 5.56 Å². The summed E-state index contributed by atoms with van der Waals surface area (Å²) in [7, 11) is 0. The Labute approximate surface area is 119 Å². The Balaban J connectivity index is 1.79. The summed E-state index contributed by atoms with van der Waals surface area (Å²) < 4.78 is 43.1. The topological polar surface area (TPSA) is 50.8 Å². The van der Waals surface area contributed by atoms with Gasteiger partial charge in [0.2, 0.25) is 0 Å². The van der Waals surface area contributed by atoms with Crippen molar-refractivity contribution >= 4 is 0 Å². The third-order valence-electron chi connectivity index (χ3n) is 3.46. The number of hydrogen-bond donors (Lipinski definition) is 1. The molecule has 112 valence electrons. The quantitative estimate of drug-likeness (QED) is 0.919. The van der Waals surface area contributed by atoms with Crippen LogP contribution in [0, 0.1) is 0 Å². The molecule has 0 bridgehead atoms. The van der Waals surface area contributed by atoms with Crippen LogP contribution in [0.4, 0.5) is 13.2 Å². The van der Waals surface area contributed by atoms with Crippen LogP contribution in [0.25, 0.3) is 11.4 Å². The first-order valence-corrected chi connectivity index (χ1v) is 6.75. The molecule has 2 heterocycles. The number of alkyl halides is 3. The number of hydrogen-bond acceptors (Lipinski definition) is 3. The van der Waals surface area contributed by atoms with Crippen molar-refractivity contribution in [2.24, 2.45) is 0 Å². The largest absolute Gasteiger partial charge is 0.416 e. The van der Waals surface area contributed by atoms with Gasteiger partial charge in [-0.2, -0.15) is 18.3 Å². The Morgan fingerprint density at radius 2 is 1.90 bits per heavy atom. The van der Waals surface area contributed by atoms with E-state index in [0.29, 0.717) is 23.8 Å². The minimum Gasteiger partial charge on any atom is -0.370 e. The molecule has 1 fully saturated rings. The molecule has 2 aromatic rings. The van der Waals surface area contributed by atoms with Gasteiger partial charge in [0.15, 0.2) is 11.6 Å². The average molecular weight is 297 g/mol. The molecule has 4 nitrogen and oxygen atoms in total. The highest BCUT2D eigenvalue weighted by molar-refractivity contribution is 5.55. The summed E-state index contributed by atoms with van der Waals surface area (Å²) in [6, 6.07) is 4.81. The van der Waals surface area contributed by atoms with Crippen molar-refractivity contribution < 1.29 is 17.9 Å². The van der Waals surface area contributed by atoms with Gasteiger partial charge < -0.3 is 4.74 Å². The fraction of sp³-hybridized carbons (Fsp3) is 0.429. The first kappa shape index (κ1) is 14.1. The number of halogens is 3. The predicted octanol–water partition coefficient (Wildman–Crippen LogP) is 3.73. The number of rotatable bonds is 2. The zero-order chi connectivity index (χ0) is 14.9. The van der Waals surface area contributed by atoms with E-state index >= 15 is 0 Å². The number of aromatic nitrogens is 3. The maximum Gasteiger partial charge on any atom is 0.416 e. The summed E-state index contributed by atoms with van der Waals surface area (Å²) in [5, 5.41) is 6.87. The highest BCUT2D eigenvalue weighted by atomic mass is 19.4. The van der Waals surface area contributed by atoms with Gasteiger partial charge in [-0.3, -0.25) is 5.10 Å². The van der Waals surface area contributed by atoms with Gasteiger partial charge in [-0.15, -0.1) is 0 Å². The third kappa shape index (κ3) is 3.07. The lowest BCUT2D eigenvalue weighted by atomic mass is 10.1. The van der Waals surface area contributed by atoms with E-state index in [1.54, 1.807) is 0 Å². The van der Waals surface area contributed by atoms with E-state index in [0.717, 1.165) is 31.4 Å². The molecule has 0 aliphatic carbocycles. The van der Waals surface area contributed by atoms with Crippen LogP contribution in [-0.4, -0.2) is 21.8 Å².